The van der Waals surface area contributed by atoms with E-state index in [-0.39, 0.29) is 11.7 Å². The maximum Gasteiger partial charge on any atom is 0.270 e. The van der Waals surface area contributed by atoms with Crippen molar-refractivity contribution < 1.29 is 9.90 Å². The van der Waals surface area contributed by atoms with Crippen molar-refractivity contribution in [1.29, 1.82) is 0 Å². The van der Waals surface area contributed by atoms with E-state index >= 15 is 0 Å². The van der Waals surface area contributed by atoms with Crippen LogP contribution in [0.4, 0.5) is 0 Å². The van der Waals surface area contributed by atoms with Crippen molar-refractivity contribution in [3.8, 4) is 5.75 Å². The zero-order valence-electron chi connectivity index (χ0n) is 14.2. The molecule has 5 nitrogen and oxygen atoms in total. The van der Waals surface area contributed by atoms with Gasteiger partial charge in [0, 0.05) is 12.7 Å². The molecule has 0 aliphatic carbocycles. The number of aryl methyl sites for hydroxylation is 2. The number of fused-ring (bicyclic) bond motifs is 1. The number of hydrogen-bond acceptors (Lipinski definition) is 3. The van der Waals surface area contributed by atoms with Gasteiger partial charge < -0.3 is 10.4 Å². The van der Waals surface area contributed by atoms with Crippen LogP contribution in [0, 0.1) is 6.92 Å². The minimum atomic E-state index is -0.124. The Balaban J connectivity index is 1.80. The van der Waals surface area contributed by atoms with Gasteiger partial charge in [0.1, 0.15) is 11.4 Å². The van der Waals surface area contributed by atoms with Crippen molar-refractivity contribution >= 4 is 27.5 Å². The molecule has 0 aliphatic heterocycles. The molecule has 3 aromatic rings. The Hall–Kier alpha value is -2.34. The molecule has 0 spiro atoms. The molecule has 0 atom stereocenters. The molecule has 130 valence electrons. The second-order valence-corrected chi connectivity index (χ2v) is 6.85. The lowest BCUT2D eigenvalue weighted by molar-refractivity contribution is 0.0947. The van der Waals surface area contributed by atoms with E-state index in [1.165, 1.54) is 0 Å². The van der Waals surface area contributed by atoms with Gasteiger partial charge in [0.25, 0.3) is 5.91 Å². The zero-order valence-corrected chi connectivity index (χ0v) is 15.8. The highest BCUT2D eigenvalue weighted by Gasteiger charge is 2.19. The van der Waals surface area contributed by atoms with Gasteiger partial charge in [-0.2, -0.15) is 0 Å². The fourth-order valence-corrected chi connectivity index (χ4v) is 3.47. The predicted molar refractivity (Wildman–Crippen MR) is 101 cm³/mol. The van der Waals surface area contributed by atoms with E-state index < -0.39 is 0 Å². The fourth-order valence-electron chi connectivity index (χ4n) is 2.83. The summed E-state index contributed by atoms with van der Waals surface area (Å²) in [4.78, 5) is 17.3. The number of rotatable bonds is 5. The summed E-state index contributed by atoms with van der Waals surface area (Å²) in [5.74, 6) is 0.118. The first-order chi connectivity index (χ1) is 12.0. The van der Waals surface area contributed by atoms with Crippen LogP contribution in [-0.4, -0.2) is 26.9 Å². The van der Waals surface area contributed by atoms with Crippen molar-refractivity contribution in [3.63, 3.8) is 0 Å². The topological polar surface area (TPSA) is 66.6 Å². The van der Waals surface area contributed by atoms with Crippen LogP contribution in [0.5, 0.6) is 5.75 Å². The molecule has 25 heavy (non-hydrogen) atoms. The second kappa shape index (κ2) is 7.27. The molecule has 6 heteroatoms. The minimum absolute atomic E-state index is 0.124. The van der Waals surface area contributed by atoms with Gasteiger partial charge >= 0.3 is 0 Å². The van der Waals surface area contributed by atoms with Crippen LogP contribution in [0.3, 0.4) is 0 Å². The standard InChI is InChI=1S/C19H20BrN3O2/c1-3-16-17(23-11-12(2)10-15(20)18(23)22-16)19(25)21-9-8-13-4-6-14(24)7-5-13/h4-7,10-11,24H,3,8-9H2,1-2H3,(H,21,25). The average Bonchev–Trinajstić information content (AvgIpc) is 2.95. The molecular formula is C19H20BrN3O2. The number of phenols is 1. The van der Waals surface area contributed by atoms with Crippen molar-refractivity contribution in [2.75, 3.05) is 6.54 Å². The van der Waals surface area contributed by atoms with E-state index in [0.29, 0.717) is 25.1 Å². The third-order valence-electron chi connectivity index (χ3n) is 4.07. The number of nitrogens with one attached hydrogen (secondary N) is 1. The second-order valence-electron chi connectivity index (χ2n) is 5.99. The molecule has 2 aromatic heterocycles. The van der Waals surface area contributed by atoms with E-state index in [9.17, 15) is 9.90 Å². The first-order valence-corrected chi connectivity index (χ1v) is 9.02. The number of phenolic OH excluding ortho intramolecular Hbond substituents is 1. The highest BCUT2D eigenvalue weighted by Crippen LogP contribution is 2.23. The van der Waals surface area contributed by atoms with E-state index in [2.05, 4.69) is 26.2 Å². The Morgan fingerprint density at radius 3 is 2.72 bits per heavy atom. The molecule has 1 amide bonds. The first-order valence-electron chi connectivity index (χ1n) is 8.22. The summed E-state index contributed by atoms with van der Waals surface area (Å²) in [7, 11) is 0. The minimum Gasteiger partial charge on any atom is -0.508 e. The highest BCUT2D eigenvalue weighted by molar-refractivity contribution is 9.10. The van der Waals surface area contributed by atoms with Crippen molar-refractivity contribution in [2.45, 2.75) is 26.7 Å². The number of amides is 1. The van der Waals surface area contributed by atoms with E-state index in [0.717, 1.165) is 26.9 Å². The van der Waals surface area contributed by atoms with Crippen molar-refractivity contribution in [3.05, 3.63) is 63.5 Å². The number of halogens is 1. The van der Waals surface area contributed by atoms with Gasteiger partial charge in [0.05, 0.1) is 10.2 Å². The number of benzene rings is 1. The SMILES string of the molecule is CCc1nc2c(Br)cc(C)cn2c1C(=O)NCCc1ccc(O)cc1. The third-order valence-corrected chi connectivity index (χ3v) is 4.65. The van der Waals surface area contributed by atoms with Crippen molar-refractivity contribution in [2.24, 2.45) is 0 Å². The smallest absolute Gasteiger partial charge is 0.270 e. The average molecular weight is 402 g/mol. The quantitative estimate of drug-likeness (QED) is 0.685. The summed E-state index contributed by atoms with van der Waals surface area (Å²) in [6.45, 7) is 4.51. The van der Waals surface area contributed by atoms with Gasteiger partial charge in [-0.3, -0.25) is 9.20 Å². The van der Waals surface area contributed by atoms with Crippen molar-refractivity contribution in [1.82, 2.24) is 14.7 Å². The van der Waals surface area contributed by atoms with Gasteiger partial charge in [0.15, 0.2) is 5.65 Å². The monoisotopic (exact) mass is 401 g/mol. The summed E-state index contributed by atoms with van der Waals surface area (Å²) in [5.41, 5.74) is 4.25. The van der Waals surface area contributed by atoms with E-state index in [1.54, 1.807) is 12.1 Å². The largest absolute Gasteiger partial charge is 0.508 e. The molecule has 2 N–H and O–H groups in total. The molecule has 0 saturated heterocycles. The summed E-state index contributed by atoms with van der Waals surface area (Å²) in [6.07, 6.45) is 3.32. The Morgan fingerprint density at radius 2 is 2.04 bits per heavy atom. The van der Waals surface area contributed by atoms with Gasteiger partial charge in [-0.15, -0.1) is 0 Å². The lowest BCUT2D eigenvalue weighted by Crippen LogP contribution is -2.27. The normalized spacial score (nSPS) is 11.0. The number of pyridine rings is 1. The number of nitrogens with zero attached hydrogens (tertiary/aromatic N) is 2. The van der Waals surface area contributed by atoms with Crippen LogP contribution < -0.4 is 5.32 Å². The van der Waals surface area contributed by atoms with E-state index in [4.69, 9.17) is 0 Å². The van der Waals surface area contributed by atoms with Crippen LogP contribution >= 0.6 is 15.9 Å². The van der Waals surface area contributed by atoms with Crippen LogP contribution in [-0.2, 0) is 12.8 Å². The molecule has 2 heterocycles. The van der Waals surface area contributed by atoms with Crippen LogP contribution in [0.1, 0.15) is 34.2 Å². The number of hydrogen-bond donors (Lipinski definition) is 2. The first kappa shape index (κ1) is 17.5. The molecule has 1 aromatic carbocycles. The number of imidazole rings is 1. The van der Waals surface area contributed by atoms with Crippen LogP contribution in [0.2, 0.25) is 0 Å². The zero-order chi connectivity index (χ0) is 18.0. The van der Waals surface area contributed by atoms with E-state index in [1.807, 2.05) is 42.6 Å². The molecule has 0 aliphatic rings. The summed E-state index contributed by atoms with van der Waals surface area (Å²) in [5, 5.41) is 12.3. The number of aromatic hydroxyl groups is 1. The Bertz CT molecular complexity index is 917. The van der Waals surface area contributed by atoms with Gasteiger partial charge in [-0.25, -0.2) is 4.98 Å². The van der Waals surface area contributed by atoms with Gasteiger partial charge in [-0.05, 0) is 65.0 Å². The summed E-state index contributed by atoms with van der Waals surface area (Å²) >= 11 is 3.53. The maximum absolute atomic E-state index is 12.7. The molecule has 0 radical (unpaired) electrons. The number of carbonyl (C=O) groups excluding carboxylic acids is 1. The lowest BCUT2D eigenvalue weighted by Gasteiger charge is -2.08. The predicted octanol–water partition coefficient (Wildman–Crippen LogP) is 3.65. The Morgan fingerprint density at radius 1 is 1.32 bits per heavy atom. The molecule has 0 bridgehead atoms. The van der Waals surface area contributed by atoms with Crippen LogP contribution in [0.25, 0.3) is 5.65 Å². The number of aromatic nitrogens is 2. The molecule has 0 saturated carbocycles. The highest BCUT2D eigenvalue weighted by atomic mass is 79.9. The molecular weight excluding hydrogens is 382 g/mol. The number of carbonyl (C=O) groups is 1. The van der Waals surface area contributed by atoms with Gasteiger partial charge in [-0.1, -0.05) is 19.1 Å². The van der Waals surface area contributed by atoms with Crippen LogP contribution in [0.15, 0.2) is 41.0 Å². The summed E-state index contributed by atoms with van der Waals surface area (Å²) < 4.78 is 2.74. The molecule has 0 unspecified atom stereocenters. The lowest BCUT2D eigenvalue weighted by atomic mass is 10.1. The van der Waals surface area contributed by atoms with Gasteiger partial charge in [0.2, 0.25) is 0 Å². The maximum atomic E-state index is 12.7. The fraction of sp³-hybridized carbons (Fsp3) is 0.263. The molecule has 0 fully saturated rings. The third kappa shape index (κ3) is 3.69. The Kier molecular flexibility index (Phi) is 5.08. The molecule has 3 rings (SSSR count). The summed E-state index contributed by atoms with van der Waals surface area (Å²) in [6, 6.07) is 9.00. The Labute approximate surface area is 154 Å².